The van der Waals surface area contributed by atoms with E-state index in [4.69, 9.17) is 10.5 Å². The zero-order valence-corrected chi connectivity index (χ0v) is 16.1. The molecule has 1 amide bonds. The molecule has 4 rings (SSSR count). The first-order valence-electron chi connectivity index (χ1n) is 8.72. The Morgan fingerprint density at radius 1 is 1.29 bits per heavy atom. The number of ether oxygens (including phenoxy) is 1. The fourth-order valence-electron chi connectivity index (χ4n) is 3.51. The average molecular weight is 400 g/mol. The number of sulfonamides is 1. The number of hydrogen-bond donors (Lipinski definition) is 2. The normalized spacial score (nSPS) is 22.0. The number of hydrogen-bond acceptors (Lipinski definition) is 6. The number of aliphatic imine (C=N–C) groups is 1. The van der Waals surface area contributed by atoms with Crippen LogP contribution in [0.3, 0.4) is 0 Å². The van der Waals surface area contributed by atoms with E-state index in [1.165, 1.54) is 7.05 Å². The highest BCUT2D eigenvalue weighted by molar-refractivity contribution is 7.89. The quantitative estimate of drug-likeness (QED) is 0.815. The molecule has 0 fully saturated rings. The fourth-order valence-corrected chi connectivity index (χ4v) is 4.96. The topological polar surface area (TPSA) is 114 Å². The van der Waals surface area contributed by atoms with Crippen LogP contribution in [0, 0.1) is 0 Å². The first kappa shape index (κ1) is 18.3. The summed E-state index contributed by atoms with van der Waals surface area (Å²) >= 11 is 0. The third-order valence-corrected chi connectivity index (χ3v) is 6.91. The molecular formula is C19H20N4O4S. The third-order valence-electron chi connectivity index (χ3n) is 5.04. The summed E-state index contributed by atoms with van der Waals surface area (Å²) in [6.45, 7) is 0.160. The number of fused-ring (bicyclic) bond motifs is 2. The zero-order valence-electron chi connectivity index (χ0n) is 15.3. The Hall–Kier alpha value is -3.07. The lowest BCUT2D eigenvalue weighted by Crippen LogP contribution is -2.55. The maximum absolute atomic E-state index is 12.4. The van der Waals surface area contributed by atoms with E-state index < -0.39 is 21.7 Å². The van der Waals surface area contributed by atoms with Crippen LogP contribution >= 0.6 is 0 Å². The van der Waals surface area contributed by atoms with Gasteiger partial charge >= 0.3 is 6.09 Å². The first-order chi connectivity index (χ1) is 13.3. The molecule has 146 valence electrons. The highest BCUT2D eigenvalue weighted by Crippen LogP contribution is 2.46. The Bertz CT molecular complexity index is 1070. The molecule has 1 spiro atoms. The van der Waals surface area contributed by atoms with E-state index in [0.717, 1.165) is 21.0 Å². The van der Waals surface area contributed by atoms with Gasteiger partial charge in [-0.1, -0.05) is 36.4 Å². The number of guanidine groups is 1. The molecule has 2 aromatic carbocycles. The summed E-state index contributed by atoms with van der Waals surface area (Å²) in [5.41, 5.74) is 8.07. The molecular weight excluding hydrogens is 380 g/mol. The van der Waals surface area contributed by atoms with Crippen molar-refractivity contribution in [3.63, 3.8) is 0 Å². The molecule has 1 atom stereocenters. The van der Waals surface area contributed by atoms with Crippen LogP contribution in [0.2, 0.25) is 0 Å². The number of anilines is 1. The third kappa shape index (κ3) is 3.18. The summed E-state index contributed by atoms with van der Waals surface area (Å²) in [6, 6.07) is 14.7. The van der Waals surface area contributed by atoms with Crippen molar-refractivity contribution in [3.8, 4) is 0 Å². The van der Waals surface area contributed by atoms with Crippen molar-refractivity contribution in [2.24, 2.45) is 10.7 Å². The predicted octanol–water partition coefficient (Wildman–Crippen LogP) is 1.78. The highest BCUT2D eigenvalue weighted by Gasteiger charge is 2.50. The van der Waals surface area contributed by atoms with Gasteiger partial charge in [-0.15, -0.1) is 0 Å². The minimum Gasteiger partial charge on any atom is -0.444 e. The molecule has 0 aromatic heterocycles. The second-order valence-electron chi connectivity index (χ2n) is 6.96. The van der Waals surface area contributed by atoms with Gasteiger partial charge in [-0.25, -0.2) is 22.5 Å². The summed E-state index contributed by atoms with van der Waals surface area (Å²) in [4.78, 5) is 16.5. The maximum Gasteiger partial charge on any atom is 0.411 e. The summed E-state index contributed by atoms with van der Waals surface area (Å²) in [6.07, 6.45) is -0.0920. The number of nitrogens with zero attached hydrogens (tertiary/aromatic N) is 2. The van der Waals surface area contributed by atoms with Crippen LogP contribution in [0.25, 0.3) is 0 Å². The fraction of sp³-hybridized carbons (Fsp3) is 0.263. The van der Waals surface area contributed by atoms with Crippen LogP contribution in [0.15, 0.2) is 53.5 Å². The number of amides is 1. The number of carbonyl (C=O) groups excluding carboxylic acids is 1. The van der Waals surface area contributed by atoms with Crippen LogP contribution in [-0.4, -0.2) is 37.6 Å². The van der Waals surface area contributed by atoms with Gasteiger partial charge in [0.2, 0.25) is 16.0 Å². The van der Waals surface area contributed by atoms with Gasteiger partial charge in [0, 0.05) is 19.2 Å². The SMILES string of the molecule is CN1C(N)=N[C@@]2(Cc3ccc(NC(=O)OCc4ccccc4)cc32)CS1(=O)=O. The number of benzene rings is 2. The Kier molecular flexibility index (Phi) is 4.26. The van der Waals surface area contributed by atoms with Gasteiger partial charge in [0.1, 0.15) is 12.1 Å². The largest absolute Gasteiger partial charge is 0.444 e. The molecule has 9 heteroatoms. The van der Waals surface area contributed by atoms with E-state index >= 15 is 0 Å². The molecule has 2 aliphatic rings. The van der Waals surface area contributed by atoms with Gasteiger partial charge in [-0.05, 0) is 28.8 Å². The molecule has 2 aromatic rings. The van der Waals surface area contributed by atoms with Gasteiger partial charge in [-0.3, -0.25) is 5.32 Å². The van der Waals surface area contributed by atoms with Crippen molar-refractivity contribution < 1.29 is 17.9 Å². The van der Waals surface area contributed by atoms with Crippen LogP contribution in [0.4, 0.5) is 10.5 Å². The van der Waals surface area contributed by atoms with Crippen molar-refractivity contribution in [1.82, 2.24) is 4.31 Å². The molecule has 8 nitrogen and oxygen atoms in total. The standard InChI is InChI=1S/C19H20N4O4S/c1-23-17(20)22-19(12-28(23,25)26)10-14-7-8-15(9-16(14)19)21-18(24)27-11-13-5-3-2-4-6-13/h2-9H,10-12H2,1H3,(H2,20,22)(H,21,24)/t19-/m0/s1. The Labute approximate surface area is 163 Å². The molecule has 28 heavy (non-hydrogen) atoms. The number of nitrogens with one attached hydrogen (secondary N) is 1. The van der Waals surface area contributed by atoms with Crippen molar-refractivity contribution in [1.29, 1.82) is 0 Å². The van der Waals surface area contributed by atoms with Gasteiger partial charge in [0.15, 0.2) is 0 Å². The summed E-state index contributed by atoms with van der Waals surface area (Å²) in [5, 5.41) is 2.68. The minimum atomic E-state index is -3.53. The lowest BCUT2D eigenvalue weighted by molar-refractivity contribution is 0.155. The monoisotopic (exact) mass is 400 g/mol. The van der Waals surface area contributed by atoms with Crippen molar-refractivity contribution in [2.75, 3.05) is 18.1 Å². The van der Waals surface area contributed by atoms with Gasteiger partial charge in [0.25, 0.3) is 0 Å². The molecule has 0 radical (unpaired) electrons. The Balaban J connectivity index is 1.50. The van der Waals surface area contributed by atoms with E-state index in [9.17, 15) is 13.2 Å². The lowest BCUT2D eigenvalue weighted by atomic mass is 9.72. The molecule has 3 N–H and O–H groups in total. The molecule has 0 unspecified atom stereocenters. The first-order valence-corrected chi connectivity index (χ1v) is 10.3. The zero-order chi connectivity index (χ0) is 19.9. The number of nitrogens with two attached hydrogens (primary N) is 1. The number of rotatable bonds is 3. The Morgan fingerprint density at radius 3 is 2.75 bits per heavy atom. The molecule has 1 aliphatic carbocycles. The van der Waals surface area contributed by atoms with E-state index in [1.54, 1.807) is 12.1 Å². The van der Waals surface area contributed by atoms with Crippen LogP contribution in [0.5, 0.6) is 0 Å². The van der Waals surface area contributed by atoms with Crippen molar-refractivity contribution in [3.05, 3.63) is 65.2 Å². The molecule has 0 bridgehead atoms. The summed E-state index contributed by atoms with van der Waals surface area (Å²) in [7, 11) is -2.14. The van der Waals surface area contributed by atoms with Crippen LogP contribution in [0.1, 0.15) is 16.7 Å². The van der Waals surface area contributed by atoms with Crippen molar-refractivity contribution in [2.45, 2.75) is 18.6 Å². The maximum atomic E-state index is 12.4. The predicted molar refractivity (Wildman–Crippen MR) is 105 cm³/mol. The molecule has 1 aliphatic heterocycles. The van der Waals surface area contributed by atoms with Gasteiger partial charge in [-0.2, -0.15) is 0 Å². The molecule has 0 saturated carbocycles. The van der Waals surface area contributed by atoms with E-state index in [0.29, 0.717) is 12.1 Å². The van der Waals surface area contributed by atoms with E-state index in [2.05, 4.69) is 10.3 Å². The Morgan fingerprint density at radius 2 is 2.04 bits per heavy atom. The van der Waals surface area contributed by atoms with Gasteiger partial charge < -0.3 is 10.5 Å². The molecule has 1 heterocycles. The van der Waals surface area contributed by atoms with E-state index in [1.807, 2.05) is 36.4 Å². The second kappa shape index (κ2) is 6.52. The molecule has 0 saturated heterocycles. The smallest absolute Gasteiger partial charge is 0.411 e. The van der Waals surface area contributed by atoms with Crippen LogP contribution < -0.4 is 11.1 Å². The van der Waals surface area contributed by atoms with Crippen molar-refractivity contribution >= 4 is 27.8 Å². The number of carbonyl (C=O) groups is 1. The van der Waals surface area contributed by atoms with E-state index in [-0.39, 0.29) is 18.3 Å². The van der Waals surface area contributed by atoms with Crippen LogP contribution in [-0.2, 0) is 33.3 Å². The average Bonchev–Trinajstić information content (AvgIpc) is 2.65. The van der Waals surface area contributed by atoms with Gasteiger partial charge in [0.05, 0.1) is 5.75 Å². The lowest BCUT2D eigenvalue weighted by Gasteiger charge is -2.44. The summed E-state index contributed by atoms with van der Waals surface area (Å²) in [5.74, 6) is -0.177. The second-order valence-corrected chi connectivity index (χ2v) is 8.96. The minimum absolute atomic E-state index is 0.0301. The summed E-state index contributed by atoms with van der Waals surface area (Å²) < 4.78 is 31.0. The highest BCUT2D eigenvalue weighted by atomic mass is 32.2.